The van der Waals surface area contributed by atoms with E-state index in [-0.39, 0.29) is 0 Å². The molecule has 0 saturated carbocycles. The molecule has 2 aromatic rings. The first-order valence-corrected chi connectivity index (χ1v) is 9.35. The number of rotatable bonds is 4. The molecule has 3 unspecified atom stereocenters. The van der Waals surface area contributed by atoms with Gasteiger partial charge in [0.2, 0.25) is 0 Å². The molecule has 124 valence electrons. The molecule has 1 aliphatic carbocycles. The van der Waals surface area contributed by atoms with Gasteiger partial charge in [0.05, 0.1) is 11.7 Å². The van der Waals surface area contributed by atoms with Crippen molar-refractivity contribution in [3.63, 3.8) is 0 Å². The standard InChI is InChI=1S/C21H23NOS/c1-13(2)12-23-18-9-5-8-16-15-6-4-7-17(15)21(22-20(16)18)19-11-10-14(3)24-19/h4-6,8-11,15,17,21-22H,1,7,12H2,2-3H3. The van der Waals surface area contributed by atoms with E-state index < -0.39 is 0 Å². The zero-order valence-electron chi connectivity index (χ0n) is 14.2. The van der Waals surface area contributed by atoms with E-state index in [1.165, 1.54) is 15.3 Å². The largest absolute Gasteiger partial charge is 0.487 e. The monoisotopic (exact) mass is 337 g/mol. The number of anilines is 1. The summed E-state index contributed by atoms with van der Waals surface area (Å²) in [5, 5.41) is 3.81. The molecule has 3 atom stereocenters. The first kappa shape index (κ1) is 15.5. The Morgan fingerprint density at radius 2 is 2.21 bits per heavy atom. The molecule has 1 aliphatic heterocycles. The molecule has 0 spiro atoms. The topological polar surface area (TPSA) is 21.3 Å². The van der Waals surface area contributed by atoms with Crippen LogP contribution in [0.15, 0.2) is 54.6 Å². The second-order valence-corrected chi connectivity index (χ2v) is 8.21. The van der Waals surface area contributed by atoms with Crippen LogP contribution in [0.1, 0.15) is 40.6 Å². The Labute approximate surface area is 147 Å². The van der Waals surface area contributed by atoms with Gasteiger partial charge in [-0.05, 0) is 55.5 Å². The number of hydrogen-bond acceptors (Lipinski definition) is 3. The van der Waals surface area contributed by atoms with E-state index in [0.717, 1.165) is 23.4 Å². The first-order valence-electron chi connectivity index (χ1n) is 8.53. The van der Waals surface area contributed by atoms with Gasteiger partial charge in [0.25, 0.3) is 0 Å². The fourth-order valence-electron chi connectivity index (χ4n) is 3.82. The lowest BCUT2D eigenvalue weighted by molar-refractivity contribution is 0.349. The zero-order valence-corrected chi connectivity index (χ0v) is 15.0. The van der Waals surface area contributed by atoms with E-state index in [2.05, 4.69) is 61.3 Å². The summed E-state index contributed by atoms with van der Waals surface area (Å²) < 4.78 is 6.02. The maximum absolute atomic E-state index is 6.02. The summed E-state index contributed by atoms with van der Waals surface area (Å²) in [5.41, 5.74) is 3.55. The molecule has 4 rings (SSSR count). The highest BCUT2D eigenvalue weighted by atomic mass is 32.1. The van der Waals surface area contributed by atoms with Crippen LogP contribution in [0, 0.1) is 12.8 Å². The van der Waals surface area contributed by atoms with E-state index >= 15 is 0 Å². The van der Waals surface area contributed by atoms with E-state index in [1.807, 2.05) is 18.3 Å². The number of fused-ring (bicyclic) bond motifs is 3. The van der Waals surface area contributed by atoms with Crippen LogP contribution in [-0.2, 0) is 0 Å². The lowest BCUT2D eigenvalue weighted by Gasteiger charge is -2.37. The van der Waals surface area contributed by atoms with Gasteiger partial charge in [-0.2, -0.15) is 0 Å². The van der Waals surface area contributed by atoms with Crippen molar-refractivity contribution in [1.82, 2.24) is 0 Å². The second-order valence-electron chi connectivity index (χ2n) is 6.89. The summed E-state index contributed by atoms with van der Waals surface area (Å²) in [5.74, 6) is 2.00. The fraction of sp³-hybridized carbons (Fsp3) is 0.333. The van der Waals surface area contributed by atoms with Crippen molar-refractivity contribution in [2.75, 3.05) is 11.9 Å². The van der Waals surface area contributed by atoms with Crippen molar-refractivity contribution >= 4 is 17.0 Å². The summed E-state index contributed by atoms with van der Waals surface area (Å²) in [7, 11) is 0. The highest BCUT2D eigenvalue weighted by Crippen LogP contribution is 2.52. The number of nitrogens with one attached hydrogen (secondary N) is 1. The minimum atomic E-state index is 0.353. The Morgan fingerprint density at radius 1 is 1.33 bits per heavy atom. The van der Waals surface area contributed by atoms with Crippen molar-refractivity contribution in [1.29, 1.82) is 0 Å². The third-order valence-electron chi connectivity index (χ3n) is 4.90. The van der Waals surface area contributed by atoms with Gasteiger partial charge < -0.3 is 10.1 Å². The highest BCUT2D eigenvalue weighted by molar-refractivity contribution is 7.12. The van der Waals surface area contributed by atoms with Gasteiger partial charge in [-0.3, -0.25) is 0 Å². The number of allylic oxidation sites excluding steroid dienone is 2. The number of thiophene rings is 1. The molecule has 2 aliphatic rings. The maximum atomic E-state index is 6.02. The molecule has 1 aromatic carbocycles. The summed E-state index contributed by atoms with van der Waals surface area (Å²) in [4.78, 5) is 2.79. The fourth-order valence-corrected chi connectivity index (χ4v) is 4.82. The SMILES string of the molecule is C=C(C)COc1cccc2c1NC(c1ccc(C)s1)C1CC=CC21. The number of para-hydroxylation sites is 1. The van der Waals surface area contributed by atoms with Gasteiger partial charge >= 0.3 is 0 Å². The molecule has 2 heterocycles. The molecule has 0 fully saturated rings. The maximum Gasteiger partial charge on any atom is 0.143 e. The van der Waals surface area contributed by atoms with Crippen LogP contribution in [-0.4, -0.2) is 6.61 Å². The number of ether oxygens (including phenoxy) is 1. The molecular formula is C21H23NOS. The molecular weight excluding hydrogens is 314 g/mol. The minimum absolute atomic E-state index is 0.353. The van der Waals surface area contributed by atoms with Gasteiger partial charge in [0.1, 0.15) is 12.4 Å². The van der Waals surface area contributed by atoms with Crippen molar-refractivity contribution < 1.29 is 4.74 Å². The van der Waals surface area contributed by atoms with Crippen molar-refractivity contribution in [3.05, 3.63) is 70.0 Å². The molecule has 3 heteroatoms. The third kappa shape index (κ3) is 2.67. The van der Waals surface area contributed by atoms with E-state index in [9.17, 15) is 0 Å². The van der Waals surface area contributed by atoms with Crippen LogP contribution < -0.4 is 10.1 Å². The molecule has 0 bridgehead atoms. The average molecular weight is 337 g/mol. The predicted octanol–water partition coefficient (Wildman–Crippen LogP) is 5.84. The van der Waals surface area contributed by atoms with Crippen LogP contribution in [0.5, 0.6) is 5.75 Å². The van der Waals surface area contributed by atoms with Crippen molar-refractivity contribution in [2.45, 2.75) is 32.2 Å². The van der Waals surface area contributed by atoms with Crippen LogP contribution in [0.25, 0.3) is 0 Å². The normalized spacial score (nSPS) is 24.2. The van der Waals surface area contributed by atoms with Gasteiger partial charge in [0.15, 0.2) is 0 Å². The Morgan fingerprint density at radius 3 is 2.96 bits per heavy atom. The molecule has 24 heavy (non-hydrogen) atoms. The Balaban J connectivity index is 1.74. The van der Waals surface area contributed by atoms with Crippen LogP contribution in [0.4, 0.5) is 5.69 Å². The molecule has 0 radical (unpaired) electrons. The number of benzene rings is 1. The summed E-state index contributed by atoms with van der Waals surface area (Å²) in [6, 6.07) is 11.2. The Bertz CT molecular complexity index is 804. The minimum Gasteiger partial charge on any atom is -0.487 e. The van der Waals surface area contributed by atoms with E-state index in [4.69, 9.17) is 4.74 Å². The Hall–Kier alpha value is -2.00. The van der Waals surface area contributed by atoms with Crippen molar-refractivity contribution in [2.24, 2.45) is 5.92 Å². The number of aryl methyl sites for hydroxylation is 1. The Kier molecular flexibility index (Phi) is 3.97. The quantitative estimate of drug-likeness (QED) is 0.708. The summed E-state index contributed by atoms with van der Waals surface area (Å²) >= 11 is 1.90. The zero-order chi connectivity index (χ0) is 16.7. The molecule has 1 aromatic heterocycles. The second kappa shape index (κ2) is 6.14. The molecule has 0 amide bonds. The van der Waals surface area contributed by atoms with Crippen LogP contribution in [0.2, 0.25) is 0 Å². The summed E-state index contributed by atoms with van der Waals surface area (Å²) in [6.07, 6.45) is 5.84. The van der Waals surface area contributed by atoms with Gasteiger partial charge in [-0.1, -0.05) is 30.9 Å². The lowest BCUT2D eigenvalue weighted by Crippen LogP contribution is -2.28. The smallest absolute Gasteiger partial charge is 0.143 e. The molecule has 1 N–H and O–H groups in total. The third-order valence-corrected chi connectivity index (χ3v) is 5.98. The van der Waals surface area contributed by atoms with E-state index in [0.29, 0.717) is 24.5 Å². The predicted molar refractivity (Wildman–Crippen MR) is 102 cm³/mol. The lowest BCUT2D eigenvalue weighted by atomic mass is 9.78. The van der Waals surface area contributed by atoms with E-state index in [1.54, 1.807) is 0 Å². The first-order chi connectivity index (χ1) is 11.6. The van der Waals surface area contributed by atoms with Gasteiger partial charge in [-0.25, -0.2) is 0 Å². The number of hydrogen-bond donors (Lipinski definition) is 1. The average Bonchev–Trinajstić information content (AvgIpc) is 3.21. The van der Waals surface area contributed by atoms with Gasteiger partial charge in [0, 0.05) is 15.7 Å². The highest BCUT2D eigenvalue weighted by Gasteiger charge is 2.39. The van der Waals surface area contributed by atoms with Crippen LogP contribution >= 0.6 is 11.3 Å². The van der Waals surface area contributed by atoms with Crippen molar-refractivity contribution in [3.8, 4) is 5.75 Å². The summed E-state index contributed by atoms with van der Waals surface area (Å²) in [6.45, 7) is 8.68. The molecule has 2 nitrogen and oxygen atoms in total. The van der Waals surface area contributed by atoms with Crippen LogP contribution in [0.3, 0.4) is 0 Å². The molecule has 0 saturated heterocycles. The van der Waals surface area contributed by atoms with Gasteiger partial charge in [-0.15, -0.1) is 11.3 Å².